The Morgan fingerprint density at radius 3 is 2.56 bits per heavy atom. The Balaban J connectivity index is 2.30. The molecule has 0 spiro atoms. The van der Waals surface area contributed by atoms with Crippen LogP contribution in [0.3, 0.4) is 0 Å². The minimum atomic E-state index is -4.58. The summed E-state index contributed by atoms with van der Waals surface area (Å²) in [6, 6.07) is 6.98. The molecule has 0 fully saturated rings. The van der Waals surface area contributed by atoms with Gasteiger partial charge in [0.15, 0.2) is 0 Å². The topological polar surface area (TPSA) is 38.2 Å². The molecular weight excluding hydrogens is 379 g/mol. The number of halogens is 4. The van der Waals surface area contributed by atoms with Crippen LogP contribution in [0, 0.1) is 0 Å². The molecule has 4 nitrogen and oxygen atoms in total. The molecule has 2 aromatic rings. The van der Waals surface area contributed by atoms with E-state index in [0.29, 0.717) is 23.7 Å². The fourth-order valence-corrected chi connectivity index (χ4v) is 2.76. The summed E-state index contributed by atoms with van der Waals surface area (Å²) in [5, 5.41) is 0.519. The van der Waals surface area contributed by atoms with Crippen molar-refractivity contribution in [1.29, 1.82) is 0 Å². The van der Waals surface area contributed by atoms with Crippen LogP contribution < -0.4 is 9.64 Å². The number of anilines is 2. The molecule has 0 aliphatic carbocycles. The van der Waals surface area contributed by atoms with E-state index in [1.807, 2.05) is 6.92 Å². The van der Waals surface area contributed by atoms with Crippen LogP contribution in [0.4, 0.5) is 24.8 Å². The normalized spacial score (nSPS) is 11.5. The van der Waals surface area contributed by atoms with Crippen molar-refractivity contribution in [2.45, 2.75) is 45.7 Å². The molecule has 1 aromatic heterocycles. The number of nitrogens with zero attached hydrogens (tertiary/aromatic N) is 3. The summed E-state index contributed by atoms with van der Waals surface area (Å²) in [4.78, 5) is 9.65. The van der Waals surface area contributed by atoms with Gasteiger partial charge in [-0.15, -0.1) is 0 Å². The molecule has 2 rings (SSSR count). The van der Waals surface area contributed by atoms with Crippen LogP contribution in [-0.2, 0) is 6.18 Å². The van der Waals surface area contributed by atoms with Gasteiger partial charge in [0.25, 0.3) is 0 Å². The molecule has 1 aromatic carbocycles. The molecule has 0 amide bonds. The highest BCUT2D eigenvalue weighted by Gasteiger charge is 2.36. The molecule has 0 atom stereocenters. The van der Waals surface area contributed by atoms with E-state index in [2.05, 4.69) is 16.9 Å². The van der Waals surface area contributed by atoms with Gasteiger partial charge < -0.3 is 9.64 Å². The molecule has 0 N–H and O–H groups in total. The number of rotatable bonds is 9. The lowest BCUT2D eigenvalue weighted by atomic mass is 10.2. The Hall–Kier alpha value is -2.02. The van der Waals surface area contributed by atoms with Gasteiger partial charge in [0.1, 0.15) is 5.56 Å². The third kappa shape index (κ3) is 5.99. The molecule has 0 bridgehead atoms. The van der Waals surface area contributed by atoms with Crippen molar-refractivity contribution in [2.75, 3.05) is 18.1 Å². The first kappa shape index (κ1) is 21.3. The van der Waals surface area contributed by atoms with Crippen molar-refractivity contribution in [3.8, 4) is 5.88 Å². The zero-order valence-electron chi connectivity index (χ0n) is 15.4. The third-order valence-corrected chi connectivity index (χ3v) is 4.20. The number of alkyl halides is 3. The first-order valence-electron chi connectivity index (χ1n) is 8.97. The van der Waals surface area contributed by atoms with E-state index in [0.717, 1.165) is 25.5 Å². The summed E-state index contributed by atoms with van der Waals surface area (Å²) in [6.07, 6.45) is -0.170. The lowest BCUT2D eigenvalue weighted by Crippen LogP contribution is -2.21. The van der Waals surface area contributed by atoms with Crippen LogP contribution in [0.2, 0.25) is 5.02 Å². The highest BCUT2D eigenvalue weighted by atomic mass is 35.5. The molecule has 27 heavy (non-hydrogen) atoms. The summed E-state index contributed by atoms with van der Waals surface area (Å²) in [6.45, 7) is 4.56. The average Bonchev–Trinajstić information content (AvgIpc) is 2.61. The second-order valence-electron chi connectivity index (χ2n) is 6.02. The van der Waals surface area contributed by atoms with E-state index in [1.54, 1.807) is 29.2 Å². The van der Waals surface area contributed by atoms with Crippen molar-refractivity contribution in [2.24, 2.45) is 0 Å². The zero-order valence-corrected chi connectivity index (χ0v) is 16.1. The largest absolute Gasteiger partial charge is 0.477 e. The quantitative estimate of drug-likeness (QED) is 0.464. The number of unbranched alkanes of at least 4 members (excludes halogenated alkanes) is 3. The smallest absolute Gasteiger partial charge is 0.423 e. The van der Waals surface area contributed by atoms with Gasteiger partial charge in [-0.05, 0) is 31.5 Å². The first-order valence-corrected chi connectivity index (χ1v) is 9.34. The fraction of sp³-hybridized carbons (Fsp3) is 0.474. The van der Waals surface area contributed by atoms with Gasteiger partial charge in [0.2, 0.25) is 11.8 Å². The van der Waals surface area contributed by atoms with E-state index in [4.69, 9.17) is 16.3 Å². The van der Waals surface area contributed by atoms with Crippen molar-refractivity contribution < 1.29 is 17.9 Å². The molecule has 148 valence electrons. The van der Waals surface area contributed by atoms with E-state index in [1.165, 1.54) is 0 Å². The van der Waals surface area contributed by atoms with Gasteiger partial charge in [-0.25, -0.2) is 4.98 Å². The van der Waals surface area contributed by atoms with Crippen molar-refractivity contribution in [3.05, 3.63) is 41.0 Å². The minimum absolute atomic E-state index is 0.135. The first-order chi connectivity index (χ1) is 12.9. The molecule has 0 unspecified atom stereocenters. The standard InChI is InChI=1S/C19H23ClF3N3O/c1-3-5-6-7-11-27-17-16(19(21,22)23)13-24-18(25-17)26(4-2)15-10-8-9-14(20)12-15/h8-10,12-13H,3-7,11H2,1-2H3. The number of ether oxygens (including phenoxy) is 1. The Morgan fingerprint density at radius 1 is 1.15 bits per heavy atom. The molecule has 8 heteroatoms. The molecule has 0 radical (unpaired) electrons. The SMILES string of the molecule is CCCCCCOc1nc(N(CC)c2cccc(Cl)c2)ncc1C(F)(F)F. The van der Waals surface area contributed by atoms with E-state index in [9.17, 15) is 13.2 Å². The molecule has 1 heterocycles. The van der Waals surface area contributed by atoms with Crippen molar-refractivity contribution in [1.82, 2.24) is 9.97 Å². The molecule has 0 aliphatic rings. The monoisotopic (exact) mass is 401 g/mol. The Labute approximate surface area is 162 Å². The van der Waals surface area contributed by atoms with Crippen molar-refractivity contribution in [3.63, 3.8) is 0 Å². The Bertz CT molecular complexity index is 740. The number of hydrogen-bond acceptors (Lipinski definition) is 4. The van der Waals surface area contributed by atoms with E-state index < -0.39 is 17.6 Å². The lowest BCUT2D eigenvalue weighted by Gasteiger charge is -2.22. The van der Waals surface area contributed by atoms with Crippen LogP contribution in [0.1, 0.15) is 45.1 Å². The second kappa shape index (κ2) is 9.78. The average molecular weight is 402 g/mol. The number of benzene rings is 1. The molecule has 0 saturated carbocycles. The number of hydrogen-bond donors (Lipinski definition) is 0. The van der Waals surface area contributed by atoms with Crippen LogP contribution in [-0.4, -0.2) is 23.1 Å². The fourth-order valence-electron chi connectivity index (χ4n) is 2.57. The lowest BCUT2D eigenvalue weighted by molar-refractivity contribution is -0.139. The Kier molecular flexibility index (Phi) is 7.71. The molecular formula is C19H23ClF3N3O. The predicted octanol–water partition coefficient (Wildman–Crippen LogP) is 6.27. The van der Waals surface area contributed by atoms with Crippen LogP contribution in [0.5, 0.6) is 5.88 Å². The third-order valence-electron chi connectivity index (χ3n) is 3.96. The summed E-state index contributed by atoms with van der Waals surface area (Å²) in [5.74, 6) is -0.305. The van der Waals surface area contributed by atoms with E-state index in [-0.39, 0.29) is 12.6 Å². The highest BCUT2D eigenvalue weighted by Crippen LogP contribution is 2.36. The van der Waals surface area contributed by atoms with Crippen LogP contribution >= 0.6 is 11.6 Å². The maximum absolute atomic E-state index is 13.3. The van der Waals surface area contributed by atoms with Crippen LogP contribution in [0.15, 0.2) is 30.5 Å². The van der Waals surface area contributed by atoms with Gasteiger partial charge >= 0.3 is 6.18 Å². The minimum Gasteiger partial charge on any atom is -0.477 e. The zero-order chi connectivity index (χ0) is 19.9. The maximum atomic E-state index is 13.3. The summed E-state index contributed by atoms with van der Waals surface area (Å²) in [5.41, 5.74) is -0.275. The van der Waals surface area contributed by atoms with E-state index >= 15 is 0 Å². The van der Waals surface area contributed by atoms with Gasteiger partial charge in [-0.2, -0.15) is 18.2 Å². The van der Waals surface area contributed by atoms with Gasteiger partial charge in [-0.1, -0.05) is 43.9 Å². The Morgan fingerprint density at radius 2 is 1.93 bits per heavy atom. The highest BCUT2D eigenvalue weighted by molar-refractivity contribution is 6.30. The summed E-state index contributed by atoms with van der Waals surface area (Å²) >= 11 is 6.02. The van der Waals surface area contributed by atoms with Crippen LogP contribution in [0.25, 0.3) is 0 Å². The second-order valence-corrected chi connectivity index (χ2v) is 6.46. The maximum Gasteiger partial charge on any atom is 0.423 e. The van der Waals surface area contributed by atoms with Gasteiger partial charge in [0.05, 0.1) is 6.61 Å². The summed E-state index contributed by atoms with van der Waals surface area (Å²) < 4.78 is 45.2. The van der Waals surface area contributed by atoms with Crippen molar-refractivity contribution >= 4 is 23.2 Å². The summed E-state index contributed by atoms with van der Waals surface area (Å²) in [7, 11) is 0. The predicted molar refractivity (Wildman–Crippen MR) is 101 cm³/mol. The van der Waals surface area contributed by atoms with Gasteiger partial charge in [0, 0.05) is 23.5 Å². The van der Waals surface area contributed by atoms with Gasteiger partial charge in [-0.3, -0.25) is 0 Å². The molecule has 0 saturated heterocycles. The number of aromatic nitrogens is 2. The molecule has 0 aliphatic heterocycles.